The van der Waals surface area contributed by atoms with Crippen LogP contribution in [-0.2, 0) is 20.2 Å². The second-order valence-electron chi connectivity index (χ2n) is 9.94. The van der Waals surface area contributed by atoms with E-state index in [2.05, 4.69) is 30.7 Å². The Morgan fingerprint density at radius 3 is 1.71 bits per heavy atom. The van der Waals surface area contributed by atoms with E-state index >= 15 is 0 Å². The number of nitrogens with zero attached hydrogens (tertiary/aromatic N) is 6. The minimum absolute atomic E-state index is 0. The molecule has 49 heavy (non-hydrogen) atoms. The van der Waals surface area contributed by atoms with Crippen LogP contribution in [0.2, 0.25) is 0 Å². The Labute approximate surface area is 365 Å². The van der Waals surface area contributed by atoms with Gasteiger partial charge < -0.3 is 26.9 Å². The van der Waals surface area contributed by atoms with Crippen LogP contribution >= 0.6 is 0 Å². The van der Waals surface area contributed by atoms with Gasteiger partial charge >= 0.3 is 103 Å². The maximum Gasteiger partial charge on any atom is 1.00 e. The van der Waals surface area contributed by atoms with Crippen molar-refractivity contribution in [1.82, 2.24) is 0 Å². The first kappa shape index (κ1) is 40.9. The second-order valence-corrected chi connectivity index (χ2v) is 12.7. The van der Waals surface area contributed by atoms with Crippen LogP contribution in [0.1, 0.15) is 5.56 Å². The smallest absolute Gasteiger partial charge is 0.870 e. The third-order valence-corrected chi connectivity index (χ3v) is 8.38. The SMILES string of the molecule is Cc1cc(N=Nc2ccc(N=Nc3c(S(=O)(=O)[O-])cc4cc(S(=O)(=O)O)c(N=Nc5ccccc5)c([O-])c4c3N)cc2)c(N)cc1N.[K+].[K+]. The average Bonchev–Trinajstić information content (AvgIpc) is 3.01. The van der Waals surface area contributed by atoms with Crippen LogP contribution in [0.4, 0.5) is 51.2 Å². The summed E-state index contributed by atoms with van der Waals surface area (Å²) in [6.45, 7) is 1.80. The van der Waals surface area contributed by atoms with Gasteiger partial charge in [0.1, 0.15) is 26.4 Å². The first-order valence-corrected chi connectivity index (χ1v) is 16.1. The average molecular weight is 752 g/mol. The molecular formula is C29H23K2N9O7S2. The van der Waals surface area contributed by atoms with E-state index in [1.165, 1.54) is 36.4 Å². The molecule has 16 nitrogen and oxygen atoms in total. The Morgan fingerprint density at radius 1 is 0.653 bits per heavy atom. The number of aryl methyl sites for hydroxylation is 1. The van der Waals surface area contributed by atoms with Gasteiger partial charge in [0.2, 0.25) is 0 Å². The van der Waals surface area contributed by atoms with Crippen molar-refractivity contribution in [3.8, 4) is 5.75 Å². The van der Waals surface area contributed by atoms with Crippen molar-refractivity contribution >= 4 is 82.2 Å². The van der Waals surface area contributed by atoms with Gasteiger partial charge in [0, 0.05) is 11.1 Å². The fourth-order valence-corrected chi connectivity index (χ4v) is 5.61. The van der Waals surface area contributed by atoms with Crippen LogP contribution in [0, 0.1) is 6.92 Å². The second kappa shape index (κ2) is 16.6. The van der Waals surface area contributed by atoms with Gasteiger partial charge in [-0.1, -0.05) is 23.9 Å². The molecule has 0 radical (unpaired) electrons. The Balaban J connectivity index is 0.00000325. The number of nitrogen functional groups attached to an aromatic ring is 3. The van der Waals surface area contributed by atoms with Crippen molar-refractivity contribution in [3.63, 3.8) is 0 Å². The molecule has 5 aromatic rings. The van der Waals surface area contributed by atoms with Crippen LogP contribution in [-0.4, -0.2) is 25.9 Å². The minimum atomic E-state index is -5.30. The number of anilines is 3. The predicted octanol–water partition coefficient (Wildman–Crippen LogP) is 0.373. The summed E-state index contributed by atoms with van der Waals surface area (Å²) in [5.41, 5.74) is 18.7. The Bertz CT molecular complexity index is 2360. The molecule has 0 amide bonds. The summed E-state index contributed by atoms with van der Waals surface area (Å²) in [7, 11) is -10.4. The van der Waals surface area contributed by atoms with Crippen LogP contribution in [0.15, 0.2) is 119 Å². The van der Waals surface area contributed by atoms with E-state index in [9.17, 15) is 31.0 Å². The van der Waals surface area contributed by atoms with Gasteiger partial charge in [-0.05, 0) is 78.5 Å². The molecule has 0 saturated carbocycles. The van der Waals surface area contributed by atoms with Gasteiger partial charge in [0.15, 0.2) is 0 Å². The number of hydrogen-bond donors (Lipinski definition) is 4. The molecule has 0 unspecified atom stereocenters. The summed E-state index contributed by atoms with van der Waals surface area (Å²) in [6, 6.07) is 18.6. The third kappa shape index (κ3) is 9.62. The first-order chi connectivity index (χ1) is 22.1. The molecule has 0 heterocycles. The molecule has 0 atom stereocenters. The zero-order valence-corrected chi connectivity index (χ0v) is 34.0. The Hall–Kier alpha value is -2.55. The van der Waals surface area contributed by atoms with Crippen LogP contribution in [0.3, 0.4) is 0 Å². The van der Waals surface area contributed by atoms with Crippen molar-refractivity contribution in [2.75, 3.05) is 17.2 Å². The van der Waals surface area contributed by atoms with Crippen molar-refractivity contribution in [3.05, 3.63) is 84.4 Å². The maximum atomic E-state index is 13.5. The Kier molecular flexibility index (Phi) is 13.9. The van der Waals surface area contributed by atoms with E-state index in [0.29, 0.717) is 28.8 Å². The number of nitrogens with two attached hydrogens (primary N) is 3. The molecule has 7 N–H and O–H groups in total. The van der Waals surface area contributed by atoms with Gasteiger partial charge in [-0.2, -0.15) is 23.8 Å². The third-order valence-electron chi connectivity index (χ3n) is 6.67. The van der Waals surface area contributed by atoms with Crippen molar-refractivity contribution < 1.29 is 134 Å². The van der Waals surface area contributed by atoms with E-state index in [4.69, 9.17) is 17.2 Å². The largest absolute Gasteiger partial charge is 1.00 e. The summed E-state index contributed by atoms with van der Waals surface area (Å²) in [5.74, 6) is -1.13. The molecule has 0 bridgehead atoms. The van der Waals surface area contributed by atoms with E-state index in [1.54, 1.807) is 37.3 Å². The number of benzene rings is 5. The summed E-state index contributed by atoms with van der Waals surface area (Å²) in [6.07, 6.45) is 0. The predicted molar refractivity (Wildman–Crippen MR) is 171 cm³/mol. The Morgan fingerprint density at radius 2 is 1.16 bits per heavy atom. The van der Waals surface area contributed by atoms with Gasteiger partial charge in [-0.25, -0.2) is 8.42 Å². The van der Waals surface area contributed by atoms with E-state index < -0.39 is 58.2 Å². The first-order valence-electron chi connectivity index (χ1n) is 13.2. The maximum absolute atomic E-state index is 13.5. The van der Waals surface area contributed by atoms with E-state index in [-0.39, 0.29) is 120 Å². The van der Waals surface area contributed by atoms with E-state index in [1.807, 2.05) is 0 Å². The molecular weight excluding hydrogens is 729 g/mol. The monoisotopic (exact) mass is 751 g/mol. The minimum Gasteiger partial charge on any atom is -0.870 e. The molecule has 20 heteroatoms. The van der Waals surface area contributed by atoms with Crippen molar-refractivity contribution in [1.29, 1.82) is 0 Å². The number of azo groups is 3. The molecule has 240 valence electrons. The van der Waals surface area contributed by atoms with Crippen LogP contribution < -0.4 is 125 Å². The molecule has 5 rings (SSSR count). The zero-order chi connectivity index (χ0) is 34.1. The van der Waals surface area contributed by atoms with Crippen LogP contribution in [0.25, 0.3) is 10.8 Å². The summed E-state index contributed by atoms with van der Waals surface area (Å²) in [5, 5.41) is 36.4. The quantitative estimate of drug-likeness (QED) is 0.0731. The standard InChI is InChI=1S/C29H25N9O7S2.2K/c1-15-11-22(21(31)14-20(15)30)36-33-18-7-9-19(10-8-18)35-37-27-23(46(40,41)42)12-16-13-24(47(43,44)45)28(29(39)25(16)26(27)32)38-34-17-5-3-2-4-6-17;;/h2-14,39H,30-32H2,1H3,(H,40,41,42)(H,43,44,45);;/q;2*+1/p-2. The molecule has 0 aromatic heterocycles. The molecule has 0 saturated heterocycles. The van der Waals surface area contributed by atoms with Crippen molar-refractivity contribution in [2.45, 2.75) is 16.7 Å². The normalized spacial score (nSPS) is 12.1. The molecule has 0 spiro atoms. The summed E-state index contributed by atoms with van der Waals surface area (Å²) < 4.78 is 70.8. The van der Waals surface area contributed by atoms with Gasteiger partial charge in [-0.3, -0.25) is 4.55 Å². The number of rotatable bonds is 8. The molecule has 0 aliphatic carbocycles. The molecule has 0 aliphatic heterocycles. The fraction of sp³-hybridized carbons (Fsp3) is 0.0345. The van der Waals surface area contributed by atoms with Crippen LogP contribution in [0.5, 0.6) is 5.75 Å². The zero-order valence-electron chi connectivity index (χ0n) is 26.1. The molecule has 0 aliphatic rings. The van der Waals surface area contributed by atoms with Crippen molar-refractivity contribution in [2.24, 2.45) is 30.7 Å². The summed E-state index contributed by atoms with van der Waals surface area (Å²) >= 11 is 0. The topological polar surface area (TPSA) is 287 Å². The van der Waals surface area contributed by atoms with Gasteiger partial charge in [-0.15, -0.1) is 15.3 Å². The molecule has 5 aromatic carbocycles. The van der Waals surface area contributed by atoms with Gasteiger partial charge in [0.05, 0.1) is 39.0 Å². The molecule has 0 fully saturated rings. The number of hydrogen-bond acceptors (Lipinski definition) is 15. The van der Waals surface area contributed by atoms with E-state index in [0.717, 1.165) is 11.6 Å². The summed E-state index contributed by atoms with van der Waals surface area (Å²) in [4.78, 5) is -1.98. The van der Waals surface area contributed by atoms with Gasteiger partial charge in [0.25, 0.3) is 10.1 Å². The fourth-order valence-electron chi connectivity index (χ4n) is 4.30. The number of fused-ring (bicyclic) bond motifs is 1.